The van der Waals surface area contributed by atoms with Crippen LogP contribution in [0.2, 0.25) is 0 Å². The molecular weight excluding hydrogens is 327 g/mol. The first-order valence-corrected chi connectivity index (χ1v) is 4.79. The molecule has 0 amide bonds. The van der Waals surface area contributed by atoms with Gasteiger partial charge in [0.25, 0.3) is 0 Å². The molecule has 15 heavy (non-hydrogen) atoms. The third-order valence-corrected chi connectivity index (χ3v) is 2.15. The average molecular weight is 332 g/mol. The Morgan fingerprint density at radius 3 is 2.33 bits per heavy atom. The Bertz CT molecular complexity index is 356. The van der Waals surface area contributed by atoms with E-state index in [1.807, 2.05) is 22.6 Å². The van der Waals surface area contributed by atoms with Crippen LogP contribution in [0.25, 0.3) is 0 Å². The van der Waals surface area contributed by atoms with E-state index in [-0.39, 0.29) is 5.46 Å². The molecule has 3 nitrogen and oxygen atoms in total. The highest BCUT2D eigenvalue weighted by Gasteiger charge is 2.33. The standard InChI is InChI=1S/C7H5BF3IO3/c9-7(10,11)15-6-2-1-4(12)3-5(6)8(13)14/h1-3,13-14H. The fourth-order valence-corrected chi connectivity index (χ4v) is 1.45. The number of halogens is 4. The summed E-state index contributed by atoms with van der Waals surface area (Å²) in [5.74, 6) is -0.613. The fourth-order valence-electron chi connectivity index (χ4n) is 0.939. The molecule has 0 radical (unpaired) electrons. The number of hydrogen-bond acceptors (Lipinski definition) is 3. The van der Waals surface area contributed by atoms with Gasteiger partial charge in [-0.25, -0.2) is 0 Å². The molecular formula is C7H5BF3IO3. The monoisotopic (exact) mass is 332 g/mol. The number of benzene rings is 1. The van der Waals surface area contributed by atoms with Crippen molar-refractivity contribution < 1.29 is 28.0 Å². The molecule has 0 aliphatic carbocycles. The average Bonchev–Trinajstić information content (AvgIpc) is 2.05. The fraction of sp³-hybridized carbons (Fsp3) is 0.143. The molecule has 0 bridgehead atoms. The van der Waals surface area contributed by atoms with Crippen molar-refractivity contribution in [2.75, 3.05) is 0 Å². The Morgan fingerprint density at radius 1 is 1.27 bits per heavy atom. The van der Waals surface area contributed by atoms with Gasteiger partial charge in [-0.1, -0.05) is 0 Å². The van der Waals surface area contributed by atoms with Crippen LogP contribution in [0.15, 0.2) is 18.2 Å². The Labute approximate surface area is 97.1 Å². The van der Waals surface area contributed by atoms with Crippen LogP contribution in [0.3, 0.4) is 0 Å². The Kier molecular flexibility index (Phi) is 3.84. The van der Waals surface area contributed by atoms with E-state index in [1.165, 1.54) is 12.1 Å². The summed E-state index contributed by atoms with van der Waals surface area (Å²) >= 11 is 1.83. The quantitative estimate of drug-likeness (QED) is 0.624. The maximum Gasteiger partial charge on any atom is 0.573 e. The zero-order valence-corrected chi connectivity index (χ0v) is 9.28. The zero-order valence-electron chi connectivity index (χ0n) is 7.12. The molecule has 8 heteroatoms. The van der Waals surface area contributed by atoms with Crippen LogP contribution >= 0.6 is 22.6 Å². The van der Waals surface area contributed by atoms with Gasteiger partial charge in [0.2, 0.25) is 0 Å². The summed E-state index contributed by atoms with van der Waals surface area (Å²) < 4.78 is 39.9. The molecule has 1 aromatic rings. The van der Waals surface area contributed by atoms with Crippen LogP contribution in [-0.4, -0.2) is 23.5 Å². The molecule has 0 aliphatic rings. The summed E-state index contributed by atoms with van der Waals surface area (Å²) in [6.07, 6.45) is -4.85. The highest BCUT2D eigenvalue weighted by atomic mass is 127. The van der Waals surface area contributed by atoms with Gasteiger partial charge in [-0.2, -0.15) is 0 Å². The largest absolute Gasteiger partial charge is 0.573 e. The van der Waals surface area contributed by atoms with Crippen LogP contribution in [-0.2, 0) is 0 Å². The van der Waals surface area contributed by atoms with Crippen molar-refractivity contribution in [2.45, 2.75) is 6.36 Å². The summed E-state index contributed by atoms with van der Waals surface area (Å²) in [6.45, 7) is 0. The molecule has 0 atom stereocenters. The predicted molar refractivity (Wildman–Crippen MR) is 55.7 cm³/mol. The maximum atomic E-state index is 11.9. The second kappa shape index (κ2) is 4.58. The van der Waals surface area contributed by atoms with Gasteiger partial charge >= 0.3 is 13.5 Å². The van der Waals surface area contributed by atoms with E-state index in [0.29, 0.717) is 3.57 Å². The molecule has 0 fully saturated rings. The molecule has 1 aromatic carbocycles. The van der Waals surface area contributed by atoms with E-state index in [1.54, 1.807) is 0 Å². The predicted octanol–water partition coefficient (Wildman–Crippen LogP) is 0.870. The third kappa shape index (κ3) is 3.88. The van der Waals surface area contributed by atoms with Gasteiger partial charge < -0.3 is 14.8 Å². The Hall–Kier alpha value is -0.475. The topological polar surface area (TPSA) is 49.7 Å². The van der Waals surface area contributed by atoms with Crippen LogP contribution in [0.5, 0.6) is 5.75 Å². The highest BCUT2D eigenvalue weighted by Crippen LogP contribution is 2.22. The summed E-state index contributed by atoms with van der Waals surface area (Å²) in [5, 5.41) is 17.7. The van der Waals surface area contributed by atoms with Gasteiger partial charge in [-0.3, -0.25) is 0 Å². The Morgan fingerprint density at radius 2 is 1.87 bits per heavy atom. The molecule has 82 valence electrons. The van der Waals surface area contributed by atoms with Crippen molar-refractivity contribution in [1.82, 2.24) is 0 Å². The minimum atomic E-state index is -4.85. The minimum Gasteiger partial charge on any atom is -0.423 e. The van der Waals surface area contributed by atoms with E-state index in [2.05, 4.69) is 4.74 Å². The second-order valence-electron chi connectivity index (χ2n) is 2.60. The lowest BCUT2D eigenvalue weighted by molar-refractivity contribution is -0.274. The summed E-state index contributed by atoms with van der Waals surface area (Å²) in [5.41, 5.74) is -0.320. The normalized spacial score (nSPS) is 11.3. The van der Waals surface area contributed by atoms with E-state index >= 15 is 0 Å². The molecule has 0 unspecified atom stereocenters. The third-order valence-electron chi connectivity index (χ3n) is 1.48. The van der Waals surface area contributed by atoms with E-state index < -0.39 is 19.2 Å². The van der Waals surface area contributed by atoms with Crippen LogP contribution in [0.1, 0.15) is 0 Å². The SMILES string of the molecule is OB(O)c1cc(I)ccc1OC(F)(F)F. The second-order valence-corrected chi connectivity index (χ2v) is 3.85. The Balaban J connectivity index is 3.06. The van der Waals surface area contributed by atoms with Gasteiger partial charge in [0.05, 0.1) is 0 Å². The molecule has 0 aromatic heterocycles. The first-order valence-electron chi connectivity index (χ1n) is 3.71. The van der Waals surface area contributed by atoms with Crippen molar-refractivity contribution in [3.63, 3.8) is 0 Å². The summed E-state index contributed by atoms with van der Waals surface area (Å²) in [4.78, 5) is 0. The van der Waals surface area contributed by atoms with Crippen molar-refractivity contribution in [2.24, 2.45) is 0 Å². The van der Waals surface area contributed by atoms with Gasteiger partial charge in [0.1, 0.15) is 5.75 Å². The van der Waals surface area contributed by atoms with Crippen molar-refractivity contribution >= 4 is 35.2 Å². The van der Waals surface area contributed by atoms with E-state index in [4.69, 9.17) is 10.0 Å². The molecule has 0 saturated heterocycles. The molecule has 1 rings (SSSR count). The number of alkyl halides is 3. The lowest BCUT2D eigenvalue weighted by Crippen LogP contribution is -2.34. The smallest absolute Gasteiger partial charge is 0.423 e. The molecule has 0 spiro atoms. The number of hydrogen-bond donors (Lipinski definition) is 2. The van der Waals surface area contributed by atoms with Gasteiger partial charge in [-0.05, 0) is 40.8 Å². The first-order chi connectivity index (χ1) is 6.79. The zero-order chi connectivity index (χ0) is 11.6. The van der Waals surface area contributed by atoms with Gasteiger partial charge in [-0.15, -0.1) is 13.2 Å². The van der Waals surface area contributed by atoms with Crippen LogP contribution in [0, 0.1) is 3.57 Å². The minimum absolute atomic E-state index is 0.320. The number of rotatable bonds is 2. The maximum absolute atomic E-state index is 11.9. The lowest BCUT2D eigenvalue weighted by Gasteiger charge is -2.12. The summed E-state index contributed by atoms with van der Waals surface area (Å²) in [6, 6.07) is 3.60. The molecule has 0 heterocycles. The van der Waals surface area contributed by atoms with Crippen molar-refractivity contribution in [3.05, 3.63) is 21.8 Å². The number of ether oxygens (including phenoxy) is 1. The molecule has 0 aliphatic heterocycles. The van der Waals surface area contributed by atoms with Crippen LogP contribution < -0.4 is 10.2 Å². The summed E-state index contributed by atoms with van der Waals surface area (Å²) in [7, 11) is -2.00. The van der Waals surface area contributed by atoms with Gasteiger partial charge in [0.15, 0.2) is 0 Å². The molecule has 2 N–H and O–H groups in total. The lowest BCUT2D eigenvalue weighted by atomic mass is 9.79. The van der Waals surface area contributed by atoms with Gasteiger partial charge in [0, 0.05) is 9.03 Å². The van der Waals surface area contributed by atoms with Crippen LogP contribution in [0.4, 0.5) is 13.2 Å². The molecule has 0 saturated carbocycles. The van der Waals surface area contributed by atoms with Crippen molar-refractivity contribution in [3.8, 4) is 5.75 Å². The first kappa shape index (κ1) is 12.6. The highest BCUT2D eigenvalue weighted by molar-refractivity contribution is 14.1. The van der Waals surface area contributed by atoms with E-state index in [9.17, 15) is 13.2 Å². The van der Waals surface area contributed by atoms with E-state index in [0.717, 1.165) is 6.07 Å². The van der Waals surface area contributed by atoms with Crippen molar-refractivity contribution in [1.29, 1.82) is 0 Å².